The summed E-state index contributed by atoms with van der Waals surface area (Å²) in [5, 5.41) is 14.5. The summed E-state index contributed by atoms with van der Waals surface area (Å²) in [6.07, 6.45) is 1.50. The van der Waals surface area contributed by atoms with E-state index < -0.39 is 4.92 Å². The van der Waals surface area contributed by atoms with Crippen LogP contribution < -0.4 is 5.32 Å². The molecule has 0 aliphatic rings. The SMILES string of the molecule is Cc1cc(Cl)ccc1Nc1ncc(Br)cc1[N+](=O)[O-]. The fourth-order valence-corrected chi connectivity index (χ4v) is 2.10. The molecule has 98 valence electrons. The molecule has 0 aliphatic heterocycles. The van der Waals surface area contributed by atoms with Gasteiger partial charge in [-0.25, -0.2) is 4.98 Å². The van der Waals surface area contributed by atoms with E-state index in [2.05, 4.69) is 26.2 Å². The smallest absolute Gasteiger partial charge is 0.312 e. The zero-order valence-corrected chi connectivity index (χ0v) is 12.2. The van der Waals surface area contributed by atoms with Gasteiger partial charge in [0.2, 0.25) is 5.82 Å². The Kier molecular flexibility index (Phi) is 4.01. The molecule has 0 unspecified atom stereocenters. The van der Waals surface area contributed by atoms with E-state index in [0.717, 1.165) is 11.3 Å². The number of halogens is 2. The number of hydrogen-bond donors (Lipinski definition) is 1. The van der Waals surface area contributed by atoms with E-state index in [9.17, 15) is 10.1 Å². The molecule has 0 aliphatic carbocycles. The second-order valence-electron chi connectivity index (χ2n) is 3.86. The van der Waals surface area contributed by atoms with E-state index >= 15 is 0 Å². The summed E-state index contributed by atoms with van der Waals surface area (Å²) in [7, 11) is 0. The number of pyridine rings is 1. The van der Waals surface area contributed by atoms with Crippen LogP contribution in [0.1, 0.15) is 5.56 Å². The van der Waals surface area contributed by atoms with Crippen molar-refractivity contribution in [1.29, 1.82) is 0 Å². The number of nitro groups is 1. The molecule has 2 rings (SSSR count). The van der Waals surface area contributed by atoms with Crippen molar-refractivity contribution in [1.82, 2.24) is 4.98 Å². The molecule has 0 atom stereocenters. The van der Waals surface area contributed by atoms with Gasteiger partial charge in [-0.15, -0.1) is 0 Å². The van der Waals surface area contributed by atoms with Crippen LogP contribution in [0.3, 0.4) is 0 Å². The standard InChI is InChI=1S/C12H9BrClN3O2/c1-7-4-9(14)2-3-10(7)16-12-11(17(18)19)5-8(13)6-15-12/h2-6H,1H3,(H,15,16). The van der Waals surface area contributed by atoms with Crippen molar-refractivity contribution >= 4 is 44.7 Å². The molecule has 0 saturated heterocycles. The van der Waals surface area contributed by atoms with Gasteiger partial charge in [-0.1, -0.05) is 11.6 Å². The molecule has 1 aromatic carbocycles. The zero-order chi connectivity index (χ0) is 14.0. The fourth-order valence-electron chi connectivity index (χ4n) is 1.56. The van der Waals surface area contributed by atoms with Crippen LogP contribution in [0.5, 0.6) is 0 Å². The Morgan fingerprint density at radius 3 is 2.79 bits per heavy atom. The largest absolute Gasteiger partial charge is 0.334 e. The lowest BCUT2D eigenvalue weighted by Crippen LogP contribution is -2.00. The summed E-state index contributed by atoms with van der Waals surface area (Å²) < 4.78 is 0.553. The van der Waals surface area contributed by atoms with Crippen molar-refractivity contribution in [3.05, 3.63) is 55.6 Å². The van der Waals surface area contributed by atoms with Gasteiger partial charge in [-0.05, 0) is 46.6 Å². The average Bonchev–Trinajstić information content (AvgIpc) is 2.34. The topological polar surface area (TPSA) is 68.1 Å². The molecule has 2 aromatic rings. The monoisotopic (exact) mass is 341 g/mol. The lowest BCUT2D eigenvalue weighted by molar-refractivity contribution is -0.384. The van der Waals surface area contributed by atoms with Crippen molar-refractivity contribution in [3.63, 3.8) is 0 Å². The third kappa shape index (κ3) is 3.21. The van der Waals surface area contributed by atoms with E-state index in [-0.39, 0.29) is 11.5 Å². The van der Waals surface area contributed by atoms with E-state index in [1.165, 1.54) is 12.3 Å². The highest BCUT2D eigenvalue weighted by atomic mass is 79.9. The Morgan fingerprint density at radius 1 is 1.42 bits per heavy atom. The average molecular weight is 343 g/mol. The van der Waals surface area contributed by atoms with Crippen molar-refractivity contribution in [3.8, 4) is 0 Å². The maximum atomic E-state index is 11.0. The summed E-state index contributed by atoms with van der Waals surface area (Å²) in [4.78, 5) is 14.5. The molecule has 0 fully saturated rings. The Hall–Kier alpha value is -1.66. The Balaban J connectivity index is 2.40. The minimum absolute atomic E-state index is 0.0938. The van der Waals surface area contributed by atoms with Crippen molar-refractivity contribution in [2.75, 3.05) is 5.32 Å². The third-order valence-electron chi connectivity index (χ3n) is 2.47. The predicted molar refractivity (Wildman–Crippen MR) is 78.1 cm³/mol. The highest BCUT2D eigenvalue weighted by Gasteiger charge is 2.16. The maximum absolute atomic E-state index is 11.0. The number of hydrogen-bond acceptors (Lipinski definition) is 4. The summed E-state index contributed by atoms with van der Waals surface area (Å²) >= 11 is 9.03. The molecule has 1 N–H and O–H groups in total. The van der Waals surface area contributed by atoms with Crippen LogP contribution in [0.15, 0.2) is 34.9 Å². The van der Waals surface area contributed by atoms with Crippen LogP contribution in [-0.2, 0) is 0 Å². The fraction of sp³-hybridized carbons (Fsp3) is 0.0833. The number of nitrogens with one attached hydrogen (secondary N) is 1. The zero-order valence-electron chi connectivity index (χ0n) is 9.85. The van der Waals surface area contributed by atoms with Gasteiger partial charge >= 0.3 is 5.69 Å². The minimum Gasteiger partial charge on any atom is -0.334 e. The molecule has 5 nitrogen and oxygen atoms in total. The second kappa shape index (κ2) is 5.54. The van der Waals surface area contributed by atoms with Crippen LogP contribution in [0, 0.1) is 17.0 Å². The third-order valence-corrected chi connectivity index (χ3v) is 3.14. The van der Waals surface area contributed by atoms with Gasteiger partial charge in [-0.3, -0.25) is 10.1 Å². The molecule has 1 aromatic heterocycles. The first-order chi connectivity index (χ1) is 8.97. The molecular weight excluding hydrogens is 334 g/mol. The van der Waals surface area contributed by atoms with Crippen LogP contribution in [0.25, 0.3) is 0 Å². The summed E-state index contributed by atoms with van der Waals surface area (Å²) in [6, 6.07) is 6.64. The first-order valence-electron chi connectivity index (χ1n) is 5.30. The summed E-state index contributed by atoms with van der Waals surface area (Å²) in [6.45, 7) is 1.86. The lowest BCUT2D eigenvalue weighted by Gasteiger charge is -2.09. The first kappa shape index (κ1) is 13.8. The van der Waals surface area contributed by atoms with Crippen molar-refractivity contribution in [2.24, 2.45) is 0 Å². The molecule has 0 radical (unpaired) electrons. The molecule has 7 heteroatoms. The van der Waals surface area contributed by atoms with Crippen molar-refractivity contribution in [2.45, 2.75) is 6.92 Å². The van der Waals surface area contributed by atoms with Gasteiger partial charge < -0.3 is 5.32 Å². The Labute approximate surface area is 122 Å². The van der Waals surface area contributed by atoms with Crippen molar-refractivity contribution < 1.29 is 4.92 Å². The molecule has 0 amide bonds. The number of nitrogens with zero attached hydrogens (tertiary/aromatic N) is 2. The lowest BCUT2D eigenvalue weighted by atomic mass is 10.2. The van der Waals surface area contributed by atoms with Gasteiger partial charge in [0.25, 0.3) is 0 Å². The van der Waals surface area contributed by atoms with Gasteiger partial charge in [-0.2, -0.15) is 0 Å². The number of anilines is 2. The number of aryl methyl sites for hydroxylation is 1. The second-order valence-corrected chi connectivity index (χ2v) is 5.21. The quantitative estimate of drug-likeness (QED) is 0.660. The molecule has 0 spiro atoms. The van der Waals surface area contributed by atoms with Gasteiger partial charge in [0.15, 0.2) is 0 Å². The Bertz CT molecular complexity index is 649. The van der Waals surface area contributed by atoms with Crippen LogP contribution in [0.2, 0.25) is 5.02 Å². The summed E-state index contributed by atoms with van der Waals surface area (Å²) in [5.74, 6) is 0.193. The van der Waals surface area contributed by atoms with Crippen LogP contribution >= 0.6 is 27.5 Å². The van der Waals surface area contributed by atoms with Gasteiger partial charge in [0, 0.05) is 27.4 Å². The Morgan fingerprint density at radius 2 is 2.16 bits per heavy atom. The molecule has 1 heterocycles. The highest BCUT2D eigenvalue weighted by molar-refractivity contribution is 9.10. The first-order valence-corrected chi connectivity index (χ1v) is 6.47. The highest BCUT2D eigenvalue weighted by Crippen LogP contribution is 2.30. The number of aromatic nitrogens is 1. The van der Waals surface area contributed by atoms with E-state index in [0.29, 0.717) is 9.50 Å². The molecular formula is C12H9BrClN3O2. The molecule has 0 saturated carbocycles. The maximum Gasteiger partial charge on any atom is 0.312 e. The predicted octanol–water partition coefficient (Wildman–Crippen LogP) is 4.46. The van der Waals surface area contributed by atoms with E-state index in [1.54, 1.807) is 18.2 Å². The minimum atomic E-state index is -0.481. The van der Waals surface area contributed by atoms with Gasteiger partial charge in [0.05, 0.1) is 4.92 Å². The van der Waals surface area contributed by atoms with E-state index in [4.69, 9.17) is 11.6 Å². The molecule has 0 bridgehead atoms. The van der Waals surface area contributed by atoms with Gasteiger partial charge in [0.1, 0.15) is 0 Å². The van der Waals surface area contributed by atoms with Crippen LogP contribution in [-0.4, -0.2) is 9.91 Å². The normalized spacial score (nSPS) is 10.3. The van der Waals surface area contributed by atoms with Crippen LogP contribution in [0.4, 0.5) is 17.2 Å². The van der Waals surface area contributed by atoms with E-state index in [1.807, 2.05) is 6.92 Å². The molecule has 19 heavy (non-hydrogen) atoms. The number of benzene rings is 1. The number of rotatable bonds is 3. The summed E-state index contributed by atoms with van der Waals surface area (Å²) in [5.41, 5.74) is 1.51.